The molecular formula is C16H19N2O5S-. The smallest absolute Gasteiger partial charge is 0.162 e. The number of aromatic nitrogens is 1. The lowest BCUT2D eigenvalue weighted by Gasteiger charge is -2.17. The van der Waals surface area contributed by atoms with Crippen molar-refractivity contribution in [2.75, 3.05) is 14.2 Å². The maximum absolute atomic E-state index is 10.7. The normalized spacial score (nSPS) is 21.6. The Bertz CT molecular complexity index is 755. The third-order valence-corrected chi connectivity index (χ3v) is 4.67. The highest BCUT2D eigenvalue weighted by atomic mass is 32.2. The summed E-state index contributed by atoms with van der Waals surface area (Å²) in [6.45, 7) is 0. The van der Waals surface area contributed by atoms with Crippen molar-refractivity contribution in [3.8, 4) is 17.2 Å². The molecule has 2 aromatic rings. The second kappa shape index (κ2) is 7.33. The van der Waals surface area contributed by atoms with E-state index in [9.17, 15) is 8.76 Å². The fourth-order valence-electron chi connectivity index (χ4n) is 3.02. The molecule has 0 radical (unpaired) electrons. The van der Waals surface area contributed by atoms with Gasteiger partial charge in [0.1, 0.15) is 11.9 Å². The van der Waals surface area contributed by atoms with E-state index in [1.807, 2.05) is 6.07 Å². The van der Waals surface area contributed by atoms with E-state index in [4.69, 9.17) is 14.2 Å². The second-order valence-corrected chi connectivity index (χ2v) is 6.34. The minimum Gasteiger partial charge on any atom is -0.760 e. The summed E-state index contributed by atoms with van der Waals surface area (Å²) >= 11 is -2.24. The van der Waals surface area contributed by atoms with Crippen LogP contribution in [0.2, 0.25) is 0 Å². The zero-order chi connectivity index (χ0) is 17.1. The summed E-state index contributed by atoms with van der Waals surface area (Å²) in [5.41, 5.74) is 0.749. The Kier molecular flexibility index (Phi) is 5.17. The van der Waals surface area contributed by atoms with Gasteiger partial charge in [-0.2, -0.15) is 0 Å². The van der Waals surface area contributed by atoms with E-state index >= 15 is 0 Å². The van der Waals surface area contributed by atoms with Crippen LogP contribution >= 0.6 is 0 Å². The molecule has 1 aliphatic carbocycles. The Morgan fingerprint density at radius 1 is 1.21 bits per heavy atom. The van der Waals surface area contributed by atoms with Crippen LogP contribution in [0.15, 0.2) is 24.4 Å². The maximum Gasteiger partial charge on any atom is 0.162 e. The molecule has 1 N–H and O–H groups in total. The van der Waals surface area contributed by atoms with Crippen LogP contribution in [0, 0.1) is 0 Å². The van der Waals surface area contributed by atoms with Crippen molar-refractivity contribution in [1.82, 2.24) is 9.71 Å². The van der Waals surface area contributed by atoms with Gasteiger partial charge < -0.3 is 18.8 Å². The van der Waals surface area contributed by atoms with Crippen LogP contribution in [0.5, 0.6) is 17.2 Å². The number of nitrogens with one attached hydrogen (secondary N) is 1. The molecule has 1 aliphatic rings. The number of rotatable bonds is 6. The molecule has 24 heavy (non-hydrogen) atoms. The van der Waals surface area contributed by atoms with Crippen molar-refractivity contribution in [2.24, 2.45) is 0 Å². The Balaban J connectivity index is 1.83. The van der Waals surface area contributed by atoms with Crippen LogP contribution in [-0.2, 0) is 11.3 Å². The van der Waals surface area contributed by atoms with Gasteiger partial charge >= 0.3 is 0 Å². The Hall–Kier alpha value is -1.90. The molecule has 130 valence electrons. The van der Waals surface area contributed by atoms with Gasteiger partial charge in [-0.1, -0.05) is 0 Å². The molecular weight excluding hydrogens is 332 g/mol. The molecule has 8 heteroatoms. The standard InChI is InChI=1S/C16H20N2O5S/c1-21-15-8-12-13(9-16(15)22-2)17-6-5-14(12)23-11-4-3-10(7-11)18-24(19)20/h5-6,8-11,18H,3-4,7H2,1-2H3,(H,19,20)/p-1. The van der Waals surface area contributed by atoms with Gasteiger partial charge in [-0.25, -0.2) is 4.72 Å². The van der Waals surface area contributed by atoms with E-state index in [2.05, 4.69) is 9.71 Å². The second-order valence-electron chi connectivity index (χ2n) is 5.64. The molecule has 3 unspecified atom stereocenters. The molecule has 3 atom stereocenters. The van der Waals surface area contributed by atoms with Crippen LogP contribution in [-0.4, -0.2) is 40.1 Å². The molecule has 1 aromatic heterocycles. The highest BCUT2D eigenvalue weighted by Gasteiger charge is 2.26. The first-order chi connectivity index (χ1) is 11.6. The Labute approximate surface area is 142 Å². The first kappa shape index (κ1) is 16.9. The van der Waals surface area contributed by atoms with Crippen molar-refractivity contribution < 1.29 is 23.0 Å². The molecule has 1 fully saturated rings. The van der Waals surface area contributed by atoms with Crippen LogP contribution in [0.25, 0.3) is 10.9 Å². The number of nitrogens with zero attached hydrogens (tertiary/aromatic N) is 1. The van der Waals surface area contributed by atoms with Gasteiger partial charge in [0, 0.05) is 41.4 Å². The SMILES string of the molecule is COc1cc2nccc(OC3CCC(NS(=O)[O-])C3)c2cc1OC. The number of hydrogen-bond acceptors (Lipinski definition) is 6. The molecule has 1 heterocycles. The van der Waals surface area contributed by atoms with Gasteiger partial charge in [-0.15, -0.1) is 0 Å². The molecule has 0 saturated heterocycles. The molecule has 1 saturated carbocycles. The summed E-state index contributed by atoms with van der Waals surface area (Å²) in [6.07, 6.45) is 3.85. The monoisotopic (exact) mass is 351 g/mol. The Morgan fingerprint density at radius 2 is 1.96 bits per heavy atom. The van der Waals surface area contributed by atoms with Gasteiger partial charge in [-0.05, 0) is 25.0 Å². The Morgan fingerprint density at radius 3 is 2.67 bits per heavy atom. The van der Waals surface area contributed by atoms with Crippen LogP contribution < -0.4 is 18.9 Å². The number of benzene rings is 1. The predicted octanol–water partition coefficient (Wildman–Crippen LogP) is 1.94. The number of ether oxygens (including phenoxy) is 3. The fourth-order valence-corrected chi connectivity index (χ4v) is 3.51. The lowest BCUT2D eigenvalue weighted by molar-refractivity contribution is 0.210. The van der Waals surface area contributed by atoms with Crippen molar-refractivity contribution in [3.05, 3.63) is 24.4 Å². The zero-order valence-corrected chi connectivity index (χ0v) is 14.3. The van der Waals surface area contributed by atoms with Crippen molar-refractivity contribution >= 4 is 22.2 Å². The first-order valence-corrected chi connectivity index (χ1v) is 8.71. The number of hydrogen-bond donors (Lipinski definition) is 1. The molecule has 7 nitrogen and oxygen atoms in total. The van der Waals surface area contributed by atoms with Gasteiger partial charge in [0.15, 0.2) is 11.5 Å². The molecule has 0 amide bonds. The van der Waals surface area contributed by atoms with Gasteiger partial charge in [0.05, 0.1) is 19.7 Å². The summed E-state index contributed by atoms with van der Waals surface area (Å²) in [5.74, 6) is 1.92. The van der Waals surface area contributed by atoms with Gasteiger partial charge in [0.25, 0.3) is 0 Å². The van der Waals surface area contributed by atoms with E-state index < -0.39 is 11.3 Å². The van der Waals surface area contributed by atoms with E-state index in [0.717, 1.165) is 23.7 Å². The highest BCUT2D eigenvalue weighted by Crippen LogP contribution is 2.36. The van der Waals surface area contributed by atoms with Gasteiger partial charge in [-0.3, -0.25) is 9.19 Å². The molecule has 1 aromatic carbocycles. The third-order valence-electron chi connectivity index (χ3n) is 4.15. The highest BCUT2D eigenvalue weighted by molar-refractivity contribution is 7.77. The first-order valence-electron chi connectivity index (χ1n) is 7.63. The number of methoxy groups -OCH3 is 2. The van der Waals surface area contributed by atoms with Crippen LogP contribution in [0.3, 0.4) is 0 Å². The molecule has 3 rings (SSSR count). The lowest BCUT2D eigenvalue weighted by Crippen LogP contribution is -2.29. The van der Waals surface area contributed by atoms with E-state index in [0.29, 0.717) is 23.7 Å². The maximum atomic E-state index is 10.7. The third kappa shape index (κ3) is 3.61. The van der Waals surface area contributed by atoms with E-state index in [-0.39, 0.29) is 12.1 Å². The summed E-state index contributed by atoms with van der Waals surface area (Å²) < 4.78 is 40.7. The van der Waals surface area contributed by atoms with Crippen LogP contribution in [0.4, 0.5) is 0 Å². The van der Waals surface area contributed by atoms with Gasteiger partial charge in [0.2, 0.25) is 0 Å². The minimum absolute atomic E-state index is 0.0373. The average Bonchev–Trinajstić information content (AvgIpc) is 3.00. The molecule has 0 spiro atoms. The van der Waals surface area contributed by atoms with Crippen molar-refractivity contribution in [3.63, 3.8) is 0 Å². The molecule has 0 aliphatic heterocycles. The predicted molar refractivity (Wildman–Crippen MR) is 89.0 cm³/mol. The lowest BCUT2D eigenvalue weighted by atomic mass is 10.1. The molecule has 0 bridgehead atoms. The summed E-state index contributed by atoms with van der Waals surface area (Å²) in [5, 5.41) is 0.832. The average molecular weight is 351 g/mol. The van der Waals surface area contributed by atoms with Crippen LogP contribution in [0.1, 0.15) is 19.3 Å². The fraction of sp³-hybridized carbons (Fsp3) is 0.438. The van der Waals surface area contributed by atoms with E-state index in [1.165, 1.54) is 0 Å². The quantitative estimate of drug-likeness (QED) is 0.800. The summed E-state index contributed by atoms with van der Waals surface area (Å²) in [4.78, 5) is 4.35. The summed E-state index contributed by atoms with van der Waals surface area (Å²) in [7, 11) is 3.16. The van der Waals surface area contributed by atoms with Crippen molar-refractivity contribution in [2.45, 2.75) is 31.4 Å². The number of pyridine rings is 1. The topological polar surface area (TPSA) is 92.7 Å². The zero-order valence-electron chi connectivity index (χ0n) is 13.5. The van der Waals surface area contributed by atoms with Crippen molar-refractivity contribution in [1.29, 1.82) is 0 Å². The summed E-state index contributed by atoms with van der Waals surface area (Å²) in [6, 6.07) is 5.38. The van der Waals surface area contributed by atoms with E-state index in [1.54, 1.807) is 32.5 Å². The minimum atomic E-state index is -2.24. The number of fused-ring (bicyclic) bond motifs is 1. The largest absolute Gasteiger partial charge is 0.760 e.